The minimum Gasteiger partial charge on any atom is -0.786 e. The SMILES string of the molecule is CCCCc1n(CC)cc[n+]1C.CCCCc1n(CC)cc[n+]1C.O=P([O-])([O-])F. The second kappa shape index (κ2) is 14.5. The molecule has 0 saturated heterocycles. The molecule has 0 saturated carbocycles. The van der Waals surface area contributed by atoms with Gasteiger partial charge in [0.25, 0.3) is 11.6 Å². The summed E-state index contributed by atoms with van der Waals surface area (Å²) >= 11 is 0. The minimum atomic E-state index is -5.64. The number of aryl methyl sites for hydroxylation is 4. The summed E-state index contributed by atoms with van der Waals surface area (Å²) in [6, 6.07) is 0. The van der Waals surface area contributed by atoms with E-state index in [9.17, 15) is 4.20 Å². The highest BCUT2D eigenvalue weighted by molar-refractivity contribution is 7.42. The molecule has 0 atom stereocenters. The van der Waals surface area contributed by atoms with Crippen molar-refractivity contribution in [3.8, 4) is 0 Å². The molecule has 2 aromatic rings. The minimum absolute atomic E-state index is 1.08. The first kappa shape index (κ1) is 27.5. The summed E-state index contributed by atoms with van der Waals surface area (Å²) in [5, 5.41) is 0. The molecule has 0 fully saturated rings. The Labute approximate surface area is 175 Å². The van der Waals surface area contributed by atoms with Crippen LogP contribution in [0.15, 0.2) is 24.8 Å². The number of rotatable bonds is 8. The smallest absolute Gasteiger partial charge is 0.256 e. The summed E-state index contributed by atoms with van der Waals surface area (Å²) in [7, 11) is -1.39. The highest BCUT2D eigenvalue weighted by Gasteiger charge is 2.11. The van der Waals surface area contributed by atoms with Crippen LogP contribution in [-0.4, -0.2) is 9.13 Å². The lowest BCUT2D eigenvalue weighted by atomic mass is 10.2. The van der Waals surface area contributed by atoms with Gasteiger partial charge in [0.05, 0.1) is 27.2 Å². The topological polar surface area (TPSA) is 80.8 Å². The zero-order valence-corrected chi connectivity index (χ0v) is 19.7. The Kier molecular flexibility index (Phi) is 13.7. The quantitative estimate of drug-likeness (QED) is 0.473. The lowest BCUT2D eigenvalue weighted by Crippen LogP contribution is -2.32. The molecule has 2 rings (SSSR count). The Morgan fingerprint density at radius 1 is 0.862 bits per heavy atom. The highest BCUT2D eigenvalue weighted by Crippen LogP contribution is 2.22. The van der Waals surface area contributed by atoms with Crippen molar-refractivity contribution in [2.45, 2.75) is 79.3 Å². The first-order chi connectivity index (χ1) is 13.6. The third-order valence-corrected chi connectivity index (χ3v) is 4.61. The van der Waals surface area contributed by atoms with E-state index < -0.39 is 7.91 Å². The standard InChI is InChI=1S/2C10H19N2.FH2O3P/c2*1-4-6-7-10-11(3)8-9-12(10)5-2;1-5(2,3)4/h2*8-9H,4-7H2,1-3H3;(H2,2,3,4)/q2*+1;/p-2. The Balaban J connectivity index is 0.000000442. The Morgan fingerprint density at radius 3 is 1.41 bits per heavy atom. The fourth-order valence-electron chi connectivity index (χ4n) is 3.00. The van der Waals surface area contributed by atoms with Crippen LogP contribution in [0.25, 0.3) is 0 Å². The van der Waals surface area contributed by atoms with Gasteiger partial charge in [0.1, 0.15) is 32.7 Å². The third-order valence-electron chi connectivity index (χ3n) is 4.61. The van der Waals surface area contributed by atoms with Gasteiger partial charge in [-0.2, -0.15) is 0 Å². The fraction of sp³-hybridized carbons (Fsp3) is 0.700. The van der Waals surface area contributed by atoms with Crippen LogP contribution in [0, 0.1) is 0 Å². The maximum Gasteiger partial charge on any atom is 0.256 e. The third kappa shape index (κ3) is 11.9. The van der Waals surface area contributed by atoms with E-state index in [1.165, 1.54) is 50.2 Å². The molecule has 29 heavy (non-hydrogen) atoms. The van der Waals surface area contributed by atoms with E-state index in [2.05, 4.69) is 84.8 Å². The predicted molar refractivity (Wildman–Crippen MR) is 109 cm³/mol. The van der Waals surface area contributed by atoms with Crippen molar-refractivity contribution in [2.75, 3.05) is 0 Å². The maximum absolute atomic E-state index is 10.1. The summed E-state index contributed by atoms with van der Waals surface area (Å²) in [5.74, 6) is 2.89. The van der Waals surface area contributed by atoms with Gasteiger partial charge in [-0.1, -0.05) is 26.7 Å². The van der Waals surface area contributed by atoms with Gasteiger partial charge in [0.2, 0.25) is 0 Å². The number of imidazole rings is 2. The molecule has 0 unspecified atom stereocenters. The van der Waals surface area contributed by atoms with Gasteiger partial charge in [-0.15, -0.1) is 0 Å². The predicted octanol–water partition coefficient (Wildman–Crippen LogP) is 2.13. The first-order valence-electron chi connectivity index (χ1n) is 10.4. The normalized spacial score (nSPS) is 10.8. The second-order valence-corrected chi connectivity index (χ2v) is 7.72. The number of aromatic nitrogens is 4. The van der Waals surface area contributed by atoms with Crippen molar-refractivity contribution >= 4 is 7.91 Å². The van der Waals surface area contributed by atoms with Crippen molar-refractivity contribution in [1.29, 1.82) is 0 Å². The number of hydrogen-bond donors (Lipinski definition) is 0. The van der Waals surface area contributed by atoms with Crippen molar-refractivity contribution in [2.24, 2.45) is 14.1 Å². The Hall–Kier alpha value is -1.50. The van der Waals surface area contributed by atoms with Crippen LogP contribution < -0.4 is 18.9 Å². The molecule has 168 valence electrons. The Morgan fingerprint density at radius 2 is 1.17 bits per heavy atom. The van der Waals surface area contributed by atoms with E-state index in [-0.39, 0.29) is 0 Å². The van der Waals surface area contributed by atoms with E-state index in [1.807, 2.05) is 0 Å². The van der Waals surface area contributed by atoms with E-state index in [0.29, 0.717) is 0 Å². The fourth-order valence-corrected chi connectivity index (χ4v) is 3.00. The molecule has 0 aliphatic rings. The van der Waals surface area contributed by atoms with Crippen LogP contribution in [0.2, 0.25) is 0 Å². The number of nitrogens with zero attached hydrogens (tertiary/aromatic N) is 4. The molecule has 0 aliphatic heterocycles. The van der Waals surface area contributed by atoms with E-state index in [1.54, 1.807) is 0 Å². The molecule has 0 N–H and O–H groups in total. The zero-order valence-electron chi connectivity index (χ0n) is 18.8. The molecule has 0 spiro atoms. The molecular weight excluding hydrogens is 394 g/mol. The van der Waals surface area contributed by atoms with Gasteiger partial charge in [0, 0.05) is 12.8 Å². The van der Waals surface area contributed by atoms with Gasteiger partial charge >= 0.3 is 0 Å². The monoisotopic (exact) mass is 432 g/mol. The maximum atomic E-state index is 10.1. The molecule has 0 aliphatic carbocycles. The van der Waals surface area contributed by atoms with Crippen molar-refractivity contribution in [1.82, 2.24) is 9.13 Å². The molecule has 0 aromatic carbocycles. The highest BCUT2D eigenvalue weighted by atomic mass is 31.2. The lowest BCUT2D eigenvalue weighted by molar-refractivity contribution is -0.679. The van der Waals surface area contributed by atoms with Crippen LogP contribution in [0.1, 0.15) is 65.0 Å². The summed E-state index contributed by atoms with van der Waals surface area (Å²) in [6.45, 7) is 11.0. The molecule has 0 amide bonds. The molecule has 7 nitrogen and oxygen atoms in total. The average Bonchev–Trinajstić information content (AvgIpc) is 3.19. The van der Waals surface area contributed by atoms with Crippen molar-refractivity contribution in [3.63, 3.8) is 0 Å². The molecular formula is C20H38FN4O3P. The van der Waals surface area contributed by atoms with E-state index in [4.69, 9.17) is 14.4 Å². The molecule has 0 radical (unpaired) electrons. The van der Waals surface area contributed by atoms with Gasteiger partial charge in [-0.25, -0.2) is 22.5 Å². The summed E-state index contributed by atoms with van der Waals surface area (Å²) < 4.78 is 27.6. The molecule has 2 aromatic heterocycles. The number of unbranched alkanes of at least 4 members (excludes halogenated alkanes) is 2. The van der Waals surface area contributed by atoms with Crippen molar-refractivity contribution in [3.05, 3.63) is 36.4 Å². The number of hydrogen-bond acceptors (Lipinski definition) is 3. The molecule has 9 heteroatoms. The molecule has 2 heterocycles. The van der Waals surface area contributed by atoms with E-state index >= 15 is 0 Å². The molecule has 0 bridgehead atoms. The van der Waals surface area contributed by atoms with Gasteiger partial charge in [0.15, 0.2) is 0 Å². The second-order valence-electron chi connectivity index (χ2n) is 6.86. The largest absolute Gasteiger partial charge is 0.786 e. The van der Waals surface area contributed by atoms with Crippen LogP contribution in [0.4, 0.5) is 4.20 Å². The summed E-state index contributed by atoms with van der Waals surface area (Å²) in [4.78, 5) is 16.9. The van der Waals surface area contributed by atoms with Gasteiger partial charge in [-0.05, 0) is 26.7 Å². The van der Waals surface area contributed by atoms with Crippen LogP contribution in [0.3, 0.4) is 0 Å². The van der Waals surface area contributed by atoms with E-state index in [0.717, 1.165) is 13.1 Å². The van der Waals surface area contributed by atoms with Crippen LogP contribution in [-0.2, 0) is 44.6 Å². The Bertz CT molecular complexity index is 680. The van der Waals surface area contributed by atoms with Crippen LogP contribution in [0.5, 0.6) is 0 Å². The number of halogens is 1. The van der Waals surface area contributed by atoms with Crippen LogP contribution >= 0.6 is 7.91 Å². The first-order valence-corrected chi connectivity index (χ1v) is 11.8. The van der Waals surface area contributed by atoms with Crippen molar-refractivity contribution < 1.29 is 27.7 Å². The summed E-state index contributed by atoms with van der Waals surface area (Å²) in [5.41, 5.74) is 0. The van der Waals surface area contributed by atoms with Gasteiger partial charge < -0.3 is 14.4 Å². The lowest BCUT2D eigenvalue weighted by Gasteiger charge is -2.15. The zero-order chi connectivity index (χ0) is 22.4. The summed E-state index contributed by atoms with van der Waals surface area (Å²) in [6.07, 6.45) is 16.1. The average molecular weight is 433 g/mol. The van der Waals surface area contributed by atoms with Gasteiger partial charge in [-0.3, -0.25) is 0 Å².